The van der Waals surface area contributed by atoms with Crippen LogP contribution in [0.3, 0.4) is 0 Å². The Kier molecular flexibility index (Phi) is 4.25. The predicted octanol–water partition coefficient (Wildman–Crippen LogP) is -0.426. The molecule has 4 N–H and O–H groups in total. The summed E-state index contributed by atoms with van der Waals surface area (Å²) in [4.78, 5) is 21.7. The molecule has 0 aliphatic rings. The van der Waals surface area contributed by atoms with Crippen LogP contribution in [0.1, 0.15) is 28.8 Å². The summed E-state index contributed by atoms with van der Waals surface area (Å²) in [6.07, 6.45) is 0. The molecule has 1 aromatic carbocycles. The molecule has 0 saturated carbocycles. The SMILES string of the molecule is CC(=O)N[C@H](B(O)O)c1cccc(C(=O)O)c1. The fourth-order valence-corrected chi connectivity index (χ4v) is 1.41. The van der Waals surface area contributed by atoms with Crippen LogP contribution in [-0.4, -0.2) is 34.1 Å². The zero-order chi connectivity index (χ0) is 13.0. The minimum atomic E-state index is -1.80. The maximum Gasteiger partial charge on any atom is 0.480 e. The lowest BCUT2D eigenvalue weighted by Crippen LogP contribution is -2.38. The van der Waals surface area contributed by atoms with E-state index in [0.29, 0.717) is 5.56 Å². The first kappa shape index (κ1) is 13.2. The predicted molar refractivity (Wildman–Crippen MR) is 60.2 cm³/mol. The van der Waals surface area contributed by atoms with E-state index in [1.165, 1.54) is 31.2 Å². The van der Waals surface area contributed by atoms with Gasteiger partial charge in [-0.25, -0.2) is 4.79 Å². The molecule has 0 aromatic heterocycles. The lowest BCUT2D eigenvalue weighted by molar-refractivity contribution is -0.119. The van der Waals surface area contributed by atoms with Crippen LogP contribution in [0.25, 0.3) is 0 Å². The third kappa shape index (κ3) is 3.58. The molecular weight excluding hydrogens is 225 g/mol. The Bertz CT molecular complexity index is 434. The smallest absolute Gasteiger partial charge is 0.478 e. The number of amides is 1. The summed E-state index contributed by atoms with van der Waals surface area (Å²) < 4.78 is 0. The van der Waals surface area contributed by atoms with Crippen molar-refractivity contribution in [3.63, 3.8) is 0 Å². The Morgan fingerprint density at radius 1 is 1.35 bits per heavy atom. The summed E-state index contributed by atoms with van der Waals surface area (Å²) in [5, 5.41) is 29.4. The molecule has 7 heteroatoms. The molecule has 90 valence electrons. The van der Waals surface area contributed by atoms with E-state index in [0.717, 1.165) is 0 Å². The Hall–Kier alpha value is -1.86. The largest absolute Gasteiger partial charge is 0.480 e. The highest BCUT2D eigenvalue weighted by molar-refractivity contribution is 6.43. The van der Waals surface area contributed by atoms with Crippen LogP contribution >= 0.6 is 0 Å². The van der Waals surface area contributed by atoms with E-state index in [1.54, 1.807) is 0 Å². The van der Waals surface area contributed by atoms with Crippen LogP contribution in [0.5, 0.6) is 0 Å². The first-order valence-electron chi connectivity index (χ1n) is 4.88. The van der Waals surface area contributed by atoms with Gasteiger partial charge < -0.3 is 20.5 Å². The quantitative estimate of drug-likeness (QED) is 0.531. The zero-order valence-corrected chi connectivity index (χ0v) is 9.12. The summed E-state index contributed by atoms with van der Waals surface area (Å²) >= 11 is 0. The zero-order valence-electron chi connectivity index (χ0n) is 9.12. The molecular formula is C10H12BNO5. The van der Waals surface area contributed by atoms with E-state index in [2.05, 4.69) is 5.32 Å². The maximum atomic E-state index is 10.9. The standard InChI is InChI=1S/C10H12BNO5/c1-6(13)12-9(11(16)17)7-3-2-4-8(5-7)10(14)15/h2-5,9,16-17H,1H3,(H,12,13)(H,14,15)/t9-/m0/s1. The lowest BCUT2D eigenvalue weighted by atomic mass is 9.75. The first-order valence-corrected chi connectivity index (χ1v) is 4.88. The number of carboxylic acid groups (broad SMARTS) is 1. The Morgan fingerprint density at radius 2 is 2.00 bits per heavy atom. The molecule has 0 spiro atoms. The third-order valence-electron chi connectivity index (χ3n) is 2.15. The van der Waals surface area contributed by atoms with E-state index in [9.17, 15) is 9.59 Å². The molecule has 0 radical (unpaired) electrons. The van der Waals surface area contributed by atoms with Crippen LogP contribution in [-0.2, 0) is 4.79 Å². The minimum Gasteiger partial charge on any atom is -0.478 e. The maximum absolute atomic E-state index is 10.9. The normalized spacial score (nSPS) is 11.7. The molecule has 0 unspecified atom stereocenters. The van der Waals surface area contributed by atoms with Gasteiger partial charge >= 0.3 is 13.1 Å². The third-order valence-corrected chi connectivity index (χ3v) is 2.15. The van der Waals surface area contributed by atoms with Gasteiger partial charge in [0.05, 0.1) is 11.5 Å². The molecule has 6 nitrogen and oxygen atoms in total. The number of nitrogens with one attached hydrogen (secondary N) is 1. The highest BCUT2D eigenvalue weighted by Gasteiger charge is 2.26. The van der Waals surface area contributed by atoms with Gasteiger partial charge in [-0.3, -0.25) is 4.79 Å². The Balaban J connectivity index is 3.05. The molecule has 1 rings (SSSR count). The van der Waals surface area contributed by atoms with Gasteiger partial charge in [-0.05, 0) is 17.7 Å². The average Bonchev–Trinajstić information content (AvgIpc) is 2.25. The Labute approximate surface area is 98.0 Å². The average molecular weight is 237 g/mol. The summed E-state index contributed by atoms with van der Waals surface area (Å²) in [5.41, 5.74) is 0.327. The van der Waals surface area contributed by atoms with E-state index in [-0.39, 0.29) is 5.56 Å². The van der Waals surface area contributed by atoms with Crippen molar-refractivity contribution in [1.82, 2.24) is 5.32 Å². The lowest BCUT2D eigenvalue weighted by Gasteiger charge is -2.17. The number of benzene rings is 1. The van der Waals surface area contributed by atoms with Crippen molar-refractivity contribution in [1.29, 1.82) is 0 Å². The van der Waals surface area contributed by atoms with Gasteiger partial charge in [0.2, 0.25) is 5.91 Å². The van der Waals surface area contributed by atoms with Crippen LogP contribution in [0.4, 0.5) is 0 Å². The Morgan fingerprint density at radius 3 is 2.47 bits per heavy atom. The molecule has 0 fully saturated rings. The van der Waals surface area contributed by atoms with Gasteiger partial charge in [-0.1, -0.05) is 12.1 Å². The van der Waals surface area contributed by atoms with Crippen LogP contribution < -0.4 is 5.32 Å². The van der Waals surface area contributed by atoms with Gasteiger partial charge in [0.15, 0.2) is 0 Å². The van der Waals surface area contributed by atoms with Crippen molar-refractivity contribution >= 4 is 19.0 Å². The van der Waals surface area contributed by atoms with E-state index < -0.39 is 24.9 Å². The summed E-state index contributed by atoms with van der Waals surface area (Å²) in [7, 11) is -1.80. The van der Waals surface area contributed by atoms with Gasteiger partial charge in [0.25, 0.3) is 0 Å². The van der Waals surface area contributed by atoms with Crippen LogP contribution in [0.2, 0.25) is 0 Å². The number of carbonyl (C=O) groups is 2. The van der Waals surface area contributed by atoms with Crippen molar-refractivity contribution in [2.75, 3.05) is 0 Å². The number of carbonyl (C=O) groups excluding carboxylic acids is 1. The first-order chi connectivity index (χ1) is 7.91. The van der Waals surface area contributed by atoms with Crippen molar-refractivity contribution in [2.24, 2.45) is 0 Å². The highest BCUT2D eigenvalue weighted by atomic mass is 16.4. The summed E-state index contributed by atoms with van der Waals surface area (Å²) in [6, 6.07) is 5.63. The van der Waals surface area contributed by atoms with Crippen molar-refractivity contribution in [3.8, 4) is 0 Å². The molecule has 0 bridgehead atoms. The second kappa shape index (κ2) is 5.47. The fourth-order valence-electron chi connectivity index (χ4n) is 1.41. The molecule has 0 aliphatic heterocycles. The van der Waals surface area contributed by atoms with Crippen molar-refractivity contribution < 1.29 is 24.7 Å². The topological polar surface area (TPSA) is 107 Å². The van der Waals surface area contributed by atoms with E-state index >= 15 is 0 Å². The summed E-state index contributed by atoms with van der Waals surface area (Å²) in [5.74, 6) is -2.61. The van der Waals surface area contributed by atoms with Crippen molar-refractivity contribution in [2.45, 2.75) is 12.9 Å². The molecule has 1 aromatic rings. The van der Waals surface area contributed by atoms with Crippen LogP contribution in [0, 0.1) is 0 Å². The van der Waals surface area contributed by atoms with Crippen LogP contribution in [0.15, 0.2) is 24.3 Å². The minimum absolute atomic E-state index is 0.0125. The monoisotopic (exact) mass is 237 g/mol. The number of rotatable bonds is 4. The molecule has 0 heterocycles. The van der Waals surface area contributed by atoms with E-state index in [1.807, 2.05) is 0 Å². The highest BCUT2D eigenvalue weighted by Crippen LogP contribution is 2.16. The second-order valence-corrected chi connectivity index (χ2v) is 3.52. The number of carboxylic acids is 1. The molecule has 1 atom stereocenters. The van der Waals surface area contributed by atoms with Gasteiger partial charge in [-0.15, -0.1) is 0 Å². The number of hydrogen-bond acceptors (Lipinski definition) is 4. The van der Waals surface area contributed by atoms with E-state index in [4.69, 9.17) is 15.2 Å². The number of aromatic carboxylic acids is 1. The fraction of sp³-hybridized carbons (Fsp3) is 0.200. The molecule has 1 amide bonds. The van der Waals surface area contributed by atoms with Gasteiger partial charge in [0, 0.05) is 6.92 Å². The number of hydrogen-bond donors (Lipinski definition) is 4. The van der Waals surface area contributed by atoms with Crippen molar-refractivity contribution in [3.05, 3.63) is 35.4 Å². The van der Waals surface area contributed by atoms with Gasteiger partial charge in [-0.2, -0.15) is 0 Å². The summed E-state index contributed by atoms with van der Waals surface area (Å²) in [6.45, 7) is 1.23. The molecule has 17 heavy (non-hydrogen) atoms. The van der Waals surface area contributed by atoms with Gasteiger partial charge in [0.1, 0.15) is 0 Å². The molecule has 0 saturated heterocycles. The molecule has 0 aliphatic carbocycles. The second-order valence-electron chi connectivity index (χ2n) is 3.52.